The smallest absolute Gasteiger partial charge is 0.361 e. The zero-order valence-corrected chi connectivity index (χ0v) is 13.9. The van der Waals surface area contributed by atoms with Crippen LogP contribution in [0, 0.1) is 0 Å². The van der Waals surface area contributed by atoms with Crippen molar-refractivity contribution in [3.8, 4) is 0 Å². The van der Waals surface area contributed by atoms with Gasteiger partial charge in [-0.3, -0.25) is 9.35 Å². The number of carbonyl (C=O) groups excluding carboxylic acids is 1. The van der Waals surface area contributed by atoms with Gasteiger partial charge in [-0.25, -0.2) is 13.2 Å². The Morgan fingerprint density at radius 2 is 1.45 bits per heavy atom. The van der Waals surface area contributed by atoms with Crippen LogP contribution < -0.4 is 0 Å². The summed E-state index contributed by atoms with van der Waals surface area (Å²) in [6.07, 6.45) is -1.92. The second kappa shape index (κ2) is 6.47. The van der Waals surface area contributed by atoms with E-state index in [-0.39, 0.29) is 0 Å². The van der Waals surface area contributed by atoms with Crippen LogP contribution in [0.1, 0.15) is 20.3 Å². The van der Waals surface area contributed by atoms with Gasteiger partial charge in [0.1, 0.15) is 0 Å². The van der Waals surface area contributed by atoms with Crippen LogP contribution in [0.2, 0.25) is 0 Å². The molecular weight excluding hydrogens is 368 g/mol. The largest absolute Gasteiger partial charge is 0.481 e. The molecule has 1 atom stereocenters. The lowest BCUT2D eigenvalue weighted by atomic mass is 10.3. The standard InChI is InChI=1S/C8H14O11S3/c1-3-20(12,13)8(5-6(9)10,22(16,17)18)7(11)19-21(14,15)4-2/h3-5H2,1-2H3,(H,9,10)(H,16,17,18). The van der Waals surface area contributed by atoms with Gasteiger partial charge in [0.05, 0.1) is 12.2 Å². The third kappa shape index (κ3) is 3.93. The van der Waals surface area contributed by atoms with Crippen LogP contribution in [0.4, 0.5) is 0 Å². The fourth-order valence-electron chi connectivity index (χ4n) is 1.34. The number of carbonyl (C=O) groups is 2. The molecule has 0 spiro atoms. The Bertz CT molecular complexity index is 758. The highest BCUT2D eigenvalue weighted by atomic mass is 32.3. The van der Waals surface area contributed by atoms with Gasteiger partial charge in [-0.05, 0) is 6.92 Å². The highest BCUT2D eigenvalue weighted by Crippen LogP contribution is 2.31. The first-order chi connectivity index (χ1) is 9.67. The SMILES string of the molecule is CCS(=O)(=O)OC(=O)C(CC(=O)O)(S(=O)(=O)O)S(=O)(=O)CC. The first-order valence-corrected chi connectivity index (χ1v) is 10.2. The number of sulfone groups is 1. The summed E-state index contributed by atoms with van der Waals surface area (Å²) in [4.78, 5) is 22.6. The van der Waals surface area contributed by atoms with Crippen LogP contribution in [0.25, 0.3) is 0 Å². The van der Waals surface area contributed by atoms with Gasteiger partial charge in [-0.2, -0.15) is 16.8 Å². The first kappa shape index (κ1) is 20.8. The van der Waals surface area contributed by atoms with Crippen molar-refractivity contribution in [3.05, 3.63) is 0 Å². The van der Waals surface area contributed by atoms with E-state index in [0.717, 1.165) is 13.8 Å². The van der Waals surface area contributed by atoms with Crippen molar-refractivity contribution in [2.45, 2.75) is 24.3 Å². The summed E-state index contributed by atoms with van der Waals surface area (Å²) in [7, 11) is -15.6. The van der Waals surface area contributed by atoms with Gasteiger partial charge in [-0.15, -0.1) is 0 Å². The van der Waals surface area contributed by atoms with Gasteiger partial charge in [0.15, 0.2) is 9.84 Å². The Morgan fingerprint density at radius 3 is 1.73 bits per heavy atom. The maximum absolute atomic E-state index is 11.9. The van der Waals surface area contributed by atoms with Crippen LogP contribution in [0.5, 0.6) is 0 Å². The van der Waals surface area contributed by atoms with E-state index in [4.69, 9.17) is 9.66 Å². The molecule has 0 rings (SSSR count). The Morgan fingerprint density at radius 1 is 1.00 bits per heavy atom. The first-order valence-electron chi connectivity index (χ1n) is 5.54. The average Bonchev–Trinajstić information content (AvgIpc) is 2.33. The van der Waals surface area contributed by atoms with Crippen molar-refractivity contribution in [1.29, 1.82) is 0 Å². The lowest BCUT2D eigenvalue weighted by molar-refractivity contribution is -0.142. The third-order valence-corrected chi connectivity index (χ3v) is 8.28. The van der Waals surface area contributed by atoms with Crippen LogP contribution >= 0.6 is 0 Å². The Hall–Kier alpha value is -1.25. The molecule has 1 unspecified atom stereocenters. The highest BCUT2D eigenvalue weighted by molar-refractivity contribution is 8.09. The summed E-state index contributed by atoms with van der Waals surface area (Å²) in [5.74, 6) is -6.39. The van der Waals surface area contributed by atoms with E-state index >= 15 is 0 Å². The molecule has 2 N–H and O–H groups in total. The van der Waals surface area contributed by atoms with E-state index in [1.807, 2.05) is 0 Å². The molecule has 0 aromatic rings. The predicted molar refractivity (Wildman–Crippen MR) is 71.5 cm³/mol. The minimum atomic E-state index is -5.88. The van der Waals surface area contributed by atoms with Crippen molar-refractivity contribution < 1.29 is 48.7 Å². The zero-order chi connectivity index (χ0) is 18.0. The van der Waals surface area contributed by atoms with E-state index in [2.05, 4.69) is 4.18 Å². The van der Waals surface area contributed by atoms with Gasteiger partial charge in [0.2, 0.25) is 0 Å². The van der Waals surface area contributed by atoms with Crippen LogP contribution in [0.3, 0.4) is 0 Å². The molecule has 0 radical (unpaired) electrons. The molecule has 130 valence electrons. The average molecular weight is 382 g/mol. The normalized spacial score (nSPS) is 15.8. The van der Waals surface area contributed by atoms with E-state index in [1.165, 1.54) is 0 Å². The van der Waals surface area contributed by atoms with Crippen molar-refractivity contribution in [1.82, 2.24) is 0 Å². The summed E-state index contributed by atoms with van der Waals surface area (Å²) in [5, 5.41) is 8.68. The lowest BCUT2D eigenvalue weighted by Gasteiger charge is -2.25. The molecule has 0 bridgehead atoms. The Kier molecular flexibility index (Phi) is 6.11. The van der Waals surface area contributed by atoms with Crippen molar-refractivity contribution in [3.63, 3.8) is 0 Å². The molecule has 0 heterocycles. The summed E-state index contributed by atoms with van der Waals surface area (Å²) in [6, 6.07) is 0. The maximum Gasteiger partial charge on any atom is 0.361 e. The molecule has 0 aromatic heterocycles. The fraction of sp³-hybridized carbons (Fsp3) is 0.750. The maximum atomic E-state index is 11.9. The van der Waals surface area contributed by atoms with Crippen molar-refractivity contribution >= 4 is 42.0 Å². The fourth-order valence-corrected chi connectivity index (χ4v) is 5.23. The van der Waals surface area contributed by atoms with Crippen LogP contribution in [0.15, 0.2) is 0 Å². The highest BCUT2D eigenvalue weighted by Gasteiger charge is 2.64. The molecule has 0 saturated carbocycles. The van der Waals surface area contributed by atoms with Crippen molar-refractivity contribution in [2.75, 3.05) is 11.5 Å². The summed E-state index contributed by atoms with van der Waals surface area (Å²) >= 11 is 0. The van der Waals surface area contributed by atoms with E-state index in [1.54, 1.807) is 0 Å². The predicted octanol–water partition coefficient (Wildman–Crippen LogP) is -1.63. The molecule has 0 fully saturated rings. The molecular formula is C8H14O11S3. The molecule has 0 aliphatic rings. The van der Waals surface area contributed by atoms with E-state index in [9.17, 15) is 34.8 Å². The summed E-state index contributed by atoms with van der Waals surface area (Å²) < 4.78 is 78.1. The van der Waals surface area contributed by atoms with Crippen molar-refractivity contribution in [2.24, 2.45) is 0 Å². The number of aliphatic carboxylic acids is 1. The summed E-state index contributed by atoms with van der Waals surface area (Å²) in [6.45, 7) is 1.88. The number of hydrogen-bond acceptors (Lipinski definition) is 9. The molecule has 0 saturated heterocycles. The monoisotopic (exact) mass is 382 g/mol. The molecule has 22 heavy (non-hydrogen) atoms. The van der Waals surface area contributed by atoms with Gasteiger partial charge in [0.25, 0.3) is 10.1 Å². The molecule has 0 aliphatic carbocycles. The Labute approximate surface area is 127 Å². The second-order valence-electron chi connectivity index (χ2n) is 3.92. The number of carboxylic acid groups (broad SMARTS) is 1. The lowest BCUT2D eigenvalue weighted by Crippen LogP contribution is -2.56. The molecule has 0 aromatic carbocycles. The van der Waals surface area contributed by atoms with Gasteiger partial charge in [-0.1, -0.05) is 6.92 Å². The number of rotatable bonds is 8. The summed E-state index contributed by atoms with van der Waals surface area (Å²) in [5.41, 5.74) is 0. The minimum Gasteiger partial charge on any atom is -0.481 e. The Balaban J connectivity index is 6.57. The quantitative estimate of drug-likeness (QED) is 0.362. The molecule has 0 amide bonds. The molecule has 14 heteroatoms. The zero-order valence-electron chi connectivity index (χ0n) is 11.4. The van der Waals surface area contributed by atoms with Crippen LogP contribution in [-0.4, -0.2) is 62.4 Å². The van der Waals surface area contributed by atoms with E-state index < -0.39 is 64.0 Å². The van der Waals surface area contributed by atoms with Crippen LogP contribution in [-0.2, 0) is 43.8 Å². The molecule has 0 aliphatic heterocycles. The number of carboxylic acids is 1. The second-order valence-corrected chi connectivity index (χ2v) is 10.2. The van der Waals surface area contributed by atoms with E-state index in [0.29, 0.717) is 0 Å². The minimum absolute atomic E-state index is 0.820. The topological polar surface area (TPSA) is 186 Å². The van der Waals surface area contributed by atoms with Gasteiger partial charge >= 0.3 is 26.1 Å². The van der Waals surface area contributed by atoms with Gasteiger partial charge in [0, 0.05) is 5.75 Å². The molecule has 11 nitrogen and oxygen atoms in total. The van der Waals surface area contributed by atoms with Gasteiger partial charge < -0.3 is 9.29 Å². The number of hydrogen-bond donors (Lipinski definition) is 2. The third-order valence-electron chi connectivity index (χ3n) is 2.55.